The molecule has 0 amide bonds. The topological polar surface area (TPSA) is 44.5 Å². The van der Waals surface area contributed by atoms with Crippen molar-refractivity contribution in [3.05, 3.63) is 22.2 Å². The van der Waals surface area contributed by atoms with Crippen LogP contribution in [0.25, 0.3) is 0 Å². The normalized spacial score (nSPS) is 20.9. The number of halogens is 1. The lowest BCUT2D eigenvalue weighted by atomic mass is 9.71. The number of fused-ring (bicyclic) bond motifs is 1. The summed E-state index contributed by atoms with van der Waals surface area (Å²) in [5, 5.41) is 0.709. The van der Waals surface area contributed by atoms with Crippen molar-refractivity contribution in [3.63, 3.8) is 0 Å². The molecule has 1 heterocycles. The molecule has 1 aliphatic heterocycles. The summed E-state index contributed by atoms with van der Waals surface area (Å²) in [4.78, 5) is 0. The number of benzene rings is 1. The molecule has 2 N–H and O–H groups in total. The first-order chi connectivity index (χ1) is 8.12. The Hall–Kier alpha value is -0.930. The van der Waals surface area contributed by atoms with Crippen LogP contribution in [0.5, 0.6) is 11.5 Å². The van der Waals surface area contributed by atoms with E-state index in [2.05, 4.69) is 0 Å². The SMILES string of the molecule is Cc1c(Cl)cc2c(c1C1(N)CCC1)OCCO2. The van der Waals surface area contributed by atoms with Crippen molar-refractivity contribution in [1.29, 1.82) is 0 Å². The van der Waals surface area contributed by atoms with E-state index in [0.717, 1.165) is 41.9 Å². The van der Waals surface area contributed by atoms with Crippen molar-refractivity contribution in [2.45, 2.75) is 31.7 Å². The molecule has 0 bridgehead atoms. The van der Waals surface area contributed by atoms with E-state index in [4.69, 9.17) is 26.8 Å². The number of hydrogen-bond acceptors (Lipinski definition) is 3. The third-order valence-electron chi connectivity index (χ3n) is 3.77. The van der Waals surface area contributed by atoms with Crippen LogP contribution in [-0.2, 0) is 5.54 Å². The van der Waals surface area contributed by atoms with Crippen molar-refractivity contribution in [2.24, 2.45) is 5.73 Å². The summed E-state index contributed by atoms with van der Waals surface area (Å²) in [6, 6.07) is 1.83. The maximum atomic E-state index is 6.42. The van der Waals surface area contributed by atoms with Crippen molar-refractivity contribution in [3.8, 4) is 11.5 Å². The molecule has 1 aromatic rings. The molecule has 0 radical (unpaired) electrons. The van der Waals surface area contributed by atoms with Crippen LogP contribution in [0.4, 0.5) is 0 Å². The van der Waals surface area contributed by atoms with Gasteiger partial charge in [0.25, 0.3) is 0 Å². The second kappa shape index (κ2) is 3.79. The van der Waals surface area contributed by atoms with Crippen LogP contribution in [0.1, 0.15) is 30.4 Å². The Labute approximate surface area is 106 Å². The molecule has 2 aliphatic rings. The van der Waals surface area contributed by atoms with E-state index in [9.17, 15) is 0 Å². The van der Waals surface area contributed by atoms with Gasteiger partial charge in [0.05, 0.1) is 0 Å². The van der Waals surface area contributed by atoms with E-state index in [-0.39, 0.29) is 5.54 Å². The summed E-state index contributed by atoms with van der Waals surface area (Å²) in [7, 11) is 0. The van der Waals surface area contributed by atoms with Gasteiger partial charge in [0.1, 0.15) is 13.2 Å². The van der Waals surface area contributed by atoms with E-state index < -0.39 is 0 Å². The van der Waals surface area contributed by atoms with Crippen molar-refractivity contribution >= 4 is 11.6 Å². The zero-order valence-electron chi connectivity index (χ0n) is 9.88. The van der Waals surface area contributed by atoms with Gasteiger partial charge in [0.15, 0.2) is 11.5 Å². The Morgan fingerprint density at radius 2 is 2.00 bits per heavy atom. The van der Waals surface area contributed by atoms with Gasteiger partial charge in [-0.15, -0.1) is 0 Å². The molecule has 17 heavy (non-hydrogen) atoms. The average Bonchev–Trinajstić information content (AvgIpc) is 2.28. The van der Waals surface area contributed by atoms with Gasteiger partial charge in [-0.2, -0.15) is 0 Å². The van der Waals surface area contributed by atoms with E-state index in [1.807, 2.05) is 13.0 Å². The standard InChI is InChI=1S/C13H16ClNO2/c1-8-9(14)7-10-12(17-6-5-16-10)11(8)13(15)3-2-4-13/h7H,2-6,15H2,1H3. The van der Waals surface area contributed by atoms with Crippen LogP contribution >= 0.6 is 11.6 Å². The first-order valence-corrected chi connectivity index (χ1v) is 6.38. The highest BCUT2D eigenvalue weighted by atomic mass is 35.5. The van der Waals surface area contributed by atoms with E-state index in [1.54, 1.807) is 0 Å². The molecule has 3 nitrogen and oxygen atoms in total. The Bertz CT molecular complexity index is 469. The molecule has 0 atom stereocenters. The number of rotatable bonds is 1. The van der Waals surface area contributed by atoms with Crippen LogP contribution in [0, 0.1) is 6.92 Å². The molecule has 1 saturated carbocycles. The highest BCUT2D eigenvalue weighted by Crippen LogP contribution is 2.50. The van der Waals surface area contributed by atoms with Crippen LogP contribution < -0.4 is 15.2 Å². The zero-order chi connectivity index (χ0) is 12.0. The monoisotopic (exact) mass is 253 g/mol. The largest absolute Gasteiger partial charge is 0.486 e. The number of ether oxygens (including phenoxy) is 2. The second-order valence-electron chi connectivity index (χ2n) is 4.89. The first kappa shape index (κ1) is 11.2. The van der Waals surface area contributed by atoms with Gasteiger partial charge in [0.2, 0.25) is 0 Å². The maximum absolute atomic E-state index is 6.42. The molecule has 0 spiro atoms. The predicted octanol–water partition coefficient (Wildman–Crippen LogP) is 2.76. The summed E-state index contributed by atoms with van der Waals surface area (Å²) < 4.78 is 11.3. The van der Waals surface area contributed by atoms with E-state index in [0.29, 0.717) is 18.2 Å². The smallest absolute Gasteiger partial charge is 0.166 e. The third-order valence-corrected chi connectivity index (χ3v) is 4.17. The lowest BCUT2D eigenvalue weighted by Gasteiger charge is -2.41. The molecule has 0 unspecified atom stereocenters. The Morgan fingerprint density at radius 1 is 1.29 bits per heavy atom. The average molecular weight is 254 g/mol. The molecule has 92 valence electrons. The maximum Gasteiger partial charge on any atom is 0.166 e. The second-order valence-corrected chi connectivity index (χ2v) is 5.30. The van der Waals surface area contributed by atoms with Gasteiger partial charge < -0.3 is 15.2 Å². The summed E-state index contributed by atoms with van der Waals surface area (Å²) >= 11 is 6.25. The molecule has 3 rings (SSSR count). The van der Waals surface area contributed by atoms with Gasteiger partial charge in [-0.05, 0) is 31.7 Å². The van der Waals surface area contributed by atoms with Crippen LogP contribution in [0.15, 0.2) is 6.07 Å². The highest BCUT2D eigenvalue weighted by Gasteiger charge is 2.40. The number of hydrogen-bond donors (Lipinski definition) is 1. The fourth-order valence-electron chi connectivity index (χ4n) is 2.65. The molecule has 1 aromatic carbocycles. The van der Waals surface area contributed by atoms with Gasteiger partial charge >= 0.3 is 0 Å². The highest BCUT2D eigenvalue weighted by molar-refractivity contribution is 6.31. The van der Waals surface area contributed by atoms with Gasteiger partial charge in [-0.1, -0.05) is 11.6 Å². The molecular formula is C13H16ClNO2. The summed E-state index contributed by atoms with van der Waals surface area (Å²) in [5.74, 6) is 1.54. The molecule has 0 aromatic heterocycles. The Morgan fingerprint density at radius 3 is 2.65 bits per heavy atom. The van der Waals surface area contributed by atoms with Crippen LogP contribution in [-0.4, -0.2) is 13.2 Å². The van der Waals surface area contributed by atoms with E-state index in [1.165, 1.54) is 0 Å². The molecular weight excluding hydrogens is 238 g/mol. The lowest BCUT2D eigenvalue weighted by Crippen LogP contribution is -2.44. The van der Waals surface area contributed by atoms with Crippen molar-refractivity contribution in [1.82, 2.24) is 0 Å². The summed E-state index contributed by atoms with van der Waals surface area (Å²) in [6.45, 7) is 3.16. The molecule has 1 fully saturated rings. The van der Waals surface area contributed by atoms with E-state index >= 15 is 0 Å². The Balaban J connectivity index is 2.20. The van der Waals surface area contributed by atoms with Crippen molar-refractivity contribution < 1.29 is 9.47 Å². The quantitative estimate of drug-likeness (QED) is 0.837. The predicted molar refractivity (Wildman–Crippen MR) is 66.9 cm³/mol. The minimum Gasteiger partial charge on any atom is -0.486 e. The molecule has 4 heteroatoms. The number of nitrogens with two attached hydrogens (primary N) is 1. The Kier molecular flexibility index (Phi) is 2.49. The minimum absolute atomic E-state index is 0.278. The lowest BCUT2D eigenvalue weighted by molar-refractivity contribution is 0.159. The zero-order valence-corrected chi connectivity index (χ0v) is 10.6. The van der Waals surface area contributed by atoms with Crippen LogP contribution in [0.3, 0.4) is 0 Å². The van der Waals surface area contributed by atoms with Gasteiger partial charge in [-0.25, -0.2) is 0 Å². The third kappa shape index (κ3) is 1.60. The fourth-order valence-corrected chi connectivity index (χ4v) is 2.85. The summed E-state index contributed by atoms with van der Waals surface area (Å²) in [6.07, 6.45) is 3.14. The minimum atomic E-state index is -0.278. The fraction of sp³-hybridized carbons (Fsp3) is 0.538. The first-order valence-electron chi connectivity index (χ1n) is 6.00. The van der Waals surface area contributed by atoms with Crippen molar-refractivity contribution in [2.75, 3.05) is 13.2 Å². The van der Waals surface area contributed by atoms with Crippen LogP contribution in [0.2, 0.25) is 5.02 Å². The van der Waals surface area contributed by atoms with Gasteiger partial charge in [0, 0.05) is 22.2 Å². The summed E-state index contributed by atoms with van der Waals surface area (Å²) in [5.41, 5.74) is 8.22. The molecule has 0 saturated heterocycles. The van der Waals surface area contributed by atoms with Gasteiger partial charge in [-0.3, -0.25) is 0 Å². The molecule has 1 aliphatic carbocycles.